The molecule has 4 aromatic heterocycles. The maximum absolute atomic E-state index is 7.35. The van der Waals surface area contributed by atoms with Crippen molar-refractivity contribution in [2.24, 2.45) is 5.73 Å². The third-order valence-electron chi connectivity index (χ3n) is 12.8. The number of nitrogens with two attached hydrogens (primary N) is 1. The van der Waals surface area contributed by atoms with Crippen molar-refractivity contribution >= 4 is 60.7 Å². The summed E-state index contributed by atoms with van der Waals surface area (Å²) in [4.78, 5) is 16.1. The lowest BCUT2D eigenvalue weighted by Gasteiger charge is -2.23. The molecule has 0 saturated heterocycles. The van der Waals surface area contributed by atoms with E-state index in [0.29, 0.717) is 23.6 Å². The van der Waals surface area contributed by atoms with Crippen LogP contribution in [-0.4, -0.2) is 30.1 Å². The Morgan fingerprint density at radius 2 is 0.971 bits per heavy atom. The van der Waals surface area contributed by atoms with Crippen LogP contribution < -0.4 is 11.1 Å². The van der Waals surface area contributed by atoms with E-state index >= 15 is 0 Å². The van der Waals surface area contributed by atoms with Crippen molar-refractivity contribution in [3.63, 3.8) is 0 Å². The van der Waals surface area contributed by atoms with Gasteiger partial charge in [0, 0.05) is 49.8 Å². The summed E-state index contributed by atoms with van der Waals surface area (Å²) in [5.41, 5.74) is 19.2. The van der Waals surface area contributed by atoms with E-state index in [1.165, 1.54) is 21.5 Å². The second-order valence-electron chi connectivity index (χ2n) is 17.0. The fourth-order valence-electron chi connectivity index (χ4n) is 9.69. The highest BCUT2D eigenvalue weighted by Crippen LogP contribution is 2.39. The molecule has 0 aliphatic carbocycles. The van der Waals surface area contributed by atoms with E-state index in [9.17, 15) is 0 Å². The lowest BCUT2D eigenvalue weighted by molar-refractivity contribution is 0.697. The number of benzene rings is 7. The van der Waals surface area contributed by atoms with E-state index in [0.717, 1.165) is 72.9 Å². The van der Waals surface area contributed by atoms with E-state index in [1.54, 1.807) is 0 Å². The molecule has 7 aromatic carbocycles. The molecule has 0 fully saturated rings. The molecule has 1 aliphatic heterocycles. The summed E-state index contributed by atoms with van der Waals surface area (Å²) in [7, 11) is 0. The van der Waals surface area contributed by atoms with Crippen LogP contribution in [0, 0.1) is 0 Å². The maximum atomic E-state index is 7.35. The van der Waals surface area contributed by atoms with Crippen molar-refractivity contribution in [1.82, 2.24) is 29.4 Å². The van der Waals surface area contributed by atoms with Gasteiger partial charge in [0.1, 0.15) is 11.6 Å². The first-order valence-corrected chi connectivity index (χ1v) is 23.0. The van der Waals surface area contributed by atoms with Gasteiger partial charge in [-0.25, -0.2) is 15.0 Å². The summed E-state index contributed by atoms with van der Waals surface area (Å²) in [5, 5.41) is 8.68. The number of fused-ring (bicyclic) bond motifs is 6. The summed E-state index contributed by atoms with van der Waals surface area (Å²) in [6, 6.07) is 71.1. The van der Waals surface area contributed by atoms with Gasteiger partial charge in [0.2, 0.25) is 0 Å². The standard InChI is InChI=1S/C61H45N7/c62-50(51-31-19-37-57(64-51)68-54-34-16-12-29-48(54)49-30-13-17-35-55(49)68)40-44(38-39-45-26-18-36-56(63-45)67-52-32-14-10-27-46(52)47-28-11-15-33-53(47)67)58-59(41-20-4-1-5-21-41)65-61(43-24-8-3-9-25-43)66-60(58)42-22-6-2-7-23-42/h1-38,40,45,63H,39,62H2/b44-38+,50-40-. The Morgan fingerprint density at radius 3 is 1.50 bits per heavy atom. The molecule has 7 nitrogen and oxygen atoms in total. The number of aromatic nitrogens is 5. The van der Waals surface area contributed by atoms with Gasteiger partial charge in [-0.15, -0.1) is 0 Å². The Bertz CT molecular complexity index is 3630. The molecule has 0 saturated carbocycles. The van der Waals surface area contributed by atoms with Crippen molar-refractivity contribution in [2.45, 2.75) is 12.5 Å². The molecule has 1 atom stereocenters. The van der Waals surface area contributed by atoms with Gasteiger partial charge in [-0.2, -0.15) is 0 Å². The maximum Gasteiger partial charge on any atom is 0.160 e. The molecular weight excluding hydrogens is 831 g/mol. The zero-order valence-corrected chi connectivity index (χ0v) is 37.1. The first-order chi connectivity index (χ1) is 33.7. The molecule has 0 spiro atoms. The number of hydrogen-bond donors (Lipinski definition) is 2. The van der Waals surface area contributed by atoms with Gasteiger partial charge in [0.05, 0.1) is 44.8 Å². The monoisotopic (exact) mass is 875 g/mol. The highest BCUT2D eigenvalue weighted by atomic mass is 15.2. The van der Waals surface area contributed by atoms with Crippen LogP contribution >= 0.6 is 0 Å². The van der Waals surface area contributed by atoms with Gasteiger partial charge in [0.25, 0.3) is 0 Å². The van der Waals surface area contributed by atoms with Crippen molar-refractivity contribution in [1.29, 1.82) is 0 Å². The Hall–Kier alpha value is -9.07. The molecule has 0 amide bonds. The summed E-state index contributed by atoms with van der Waals surface area (Å²) in [6.45, 7) is 0. The first kappa shape index (κ1) is 40.4. The zero-order chi connectivity index (χ0) is 45.4. The van der Waals surface area contributed by atoms with Crippen LogP contribution in [-0.2, 0) is 0 Å². The minimum Gasteiger partial charge on any atom is -0.397 e. The number of dihydropyridines is 1. The van der Waals surface area contributed by atoms with E-state index < -0.39 is 0 Å². The molecule has 0 bridgehead atoms. The number of allylic oxidation sites excluding steroid dienone is 4. The Balaban J connectivity index is 1.03. The summed E-state index contributed by atoms with van der Waals surface area (Å²) in [6.07, 6.45) is 11.5. The lowest BCUT2D eigenvalue weighted by Crippen LogP contribution is -2.29. The molecule has 5 heterocycles. The average Bonchev–Trinajstić information content (AvgIpc) is 3.93. The van der Waals surface area contributed by atoms with Crippen LogP contribution in [0.15, 0.2) is 237 Å². The molecule has 0 radical (unpaired) electrons. The van der Waals surface area contributed by atoms with Crippen molar-refractivity contribution in [2.75, 3.05) is 0 Å². The molecule has 68 heavy (non-hydrogen) atoms. The predicted octanol–water partition coefficient (Wildman–Crippen LogP) is 13.9. The van der Waals surface area contributed by atoms with E-state index in [4.69, 9.17) is 20.7 Å². The van der Waals surface area contributed by atoms with Gasteiger partial charge in [-0.05, 0) is 60.5 Å². The highest BCUT2D eigenvalue weighted by Gasteiger charge is 2.23. The summed E-state index contributed by atoms with van der Waals surface area (Å²) >= 11 is 0. The largest absolute Gasteiger partial charge is 0.397 e. The molecule has 1 unspecified atom stereocenters. The highest BCUT2D eigenvalue weighted by molar-refractivity contribution is 6.10. The average molecular weight is 876 g/mol. The number of nitrogens with zero attached hydrogens (tertiary/aromatic N) is 5. The molecule has 7 heteroatoms. The smallest absolute Gasteiger partial charge is 0.160 e. The van der Waals surface area contributed by atoms with Gasteiger partial charge < -0.3 is 11.1 Å². The van der Waals surface area contributed by atoms with E-state index in [-0.39, 0.29) is 6.04 Å². The Kier molecular flexibility index (Phi) is 10.3. The molecule has 324 valence electrons. The van der Waals surface area contributed by atoms with Gasteiger partial charge in [-0.1, -0.05) is 188 Å². The Morgan fingerprint density at radius 1 is 0.500 bits per heavy atom. The Labute approximate surface area is 394 Å². The fourth-order valence-corrected chi connectivity index (χ4v) is 9.69. The quantitative estimate of drug-likeness (QED) is 0.134. The van der Waals surface area contributed by atoms with E-state index in [2.05, 4.69) is 203 Å². The topological polar surface area (TPSA) is 86.6 Å². The number of para-hydroxylation sites is 4. The normalized spacial score (nSPS) is 14.2. The summed E-state index contributed by atoms with van der Waals surface area (Å²) < 4.78 is 4.55. The minimum atomic E-state index is -0.0545. The van der Waals surface area contributed by atoms with E-state index in [1.807, 2.05) is 48.5 Å². The van der Waals surface area contributed by atoms with Crippen LogP contribution in [0.25, 0.3) is 100 Å². The third-order valence-corrected chi connectivity index (χ3v) is 12.8. The zero-order valence-electron chi connectivity index (χ0n) is 37.1. The van der Waals surface area contributed by atoms with Crippen LogP contribution in [0.5, 0.6) is 0 Å². The number of nitrogens with one attached hydrogen (secondary N) is 1. The number of pyridine rings is 1. The second-order valence-corrected chi connectivity index (χ2v) is 17.0. The molecule has 3 N–H and O–H groups in total. The molecule has 1 aliphatic rings. The number of rotatable bonds is 10. The SMILES string of the molecule is N/C(=C\C(=C/CC1C=CC=C(n2c3ccccc3c3ccccc32)N1)c1c(-c2ccccc2)nc(-c2ccccc2)nc1-c1ccccc1)c1cccc(-n2c3ccccc3c3ccccc32)n1. The lowest BCUT2D eigenvalue weighted by atomic mass is 9.91. The van der Waals surface area contributed by atoms with Crippen LogP contribution in [0.1, 0.15) is 17.7 Å². The van der Waals surface area contributed by atoms with Gasteiger partial charge in [0.15, 0.2) is 5.82 Å². The van der Waals surface area contributed by atoms with Crippen molar-refractivity contribution < 1.29 is 0 Å². The summed E-state index contributed by atoms with van der Waals surface area (Å²) in [5.74, 6) is 2.44. The minimum absolute atomic E-state index is 0.0545. The van der Waals surface area contributed by atoms with Gasteiger partial charge in [-0.3, -0.25) is 9.13 Å². The number of hydrogen-bond acceptors (Lipinski definition) is 5. The van der Waals surface area contributed by atoms with Crippen LogP contribution in [0.3, 0.4) is 0 Å². The molecule has 11 aromatic rings. The molecular formula is C61H45N7. The predicted molar refractivity (Wildman–Crippen MR) is 281 cm³/mol. The van der Waals surface area contributed by atoms with Crippen molar-refractivity contribution in [3.05, 3.63) is 248 Å². The van der Waals surface area contributed by atoms with Crippen LogP contribution in [0.2, 0.25) is 0 Å². The van der Waals surface area contributed by atoms with Crippen LogP contribution in [0.4, 0.5) is 0 Å². The fraction of sp³-hybridized carbons (Fsp3) is 0.0328. The first-order valence-electron chi connectivity index (χ1n) is 23.0. The van der Waals surface area contributed by atoms with Crippen molar-refractivity contribution in [3.8, 4) is 39.7 Å². The third kappa shape index (κ3) is 7.32. The van der Waals surface area contributed by atoms with Gasteiger partial charge >= 0.3 is 0 Å². The molecule has 12 rings (SSSR count). The second kappa shape index (κ2) is 17.4.